The van der Waals surface area contributed by atoms with Gasteiger partial charge in [0.15, 0.2) is 6.61 Å². The van der Waals surface area contributed by atoms with Gasteiger partial charge in [0.2, 0.25) is 12.3 Å². The van der Waals surface area contributed by atoms with Crippen LogP contribution in [0.2, 0.25) is 0 Å². The summed E-state index contributed by atoms with van der Waals surface area (Å²) in [7, 11) is 1.30. The highest BCUT2D eigenvalue weighted by atomic mass is 16.5. The fourth-order valence-corrected chi connectivity index (χ4v) is 2.15. The van der Waals surface area contributed by atoms with Crippen LogP contribution < -0.4 is 10.1 Å². The lowest BCUT2D eigenvalue weighted by Crippen LogP contribution is -2.47. The lowest BCUT2D eigenvalue weighted by Gasteiger charge is -2.21. The average Bonchev–Trinajstić information content (AvgIpc) is 3.18. The zero-order chi connectivity index (χ0) is 18.2. The molecule has 134 valence electrons. The Labute approximate surface area is 145 Å². The van der Waals surface area contributed by atoms with Gasteiger partial charge in [-0.2, -0.15) is 0 Å². The third-order valence-corrected chi connectivity index (χ3v) is 3.82. The van der Waals surface area contributed by atoms with Crippen molar-refractivity contribution in [1.82, 2.24) is 15.5 Å². The summed E-state index contributed by atoms with van der Waals surface area (Å²) in [6, 6.07) is 6.19. The van der Waals surface area contributed by atoms with E-state index >= 15 is 0 Å². The predicted octanol–water partition coefficient (Wildman–Crippen LogP) is 1.82. The van der Waals surface area contributed by atoms with E-state index < -0.39 is 17.9 Å². The highest BCUT2D eigenvalue weighted by Gasteiger charge is 2.26. The molecule has 0 bridgehead atoms. The summed E-state index contributed by atoms with van der Waals surface area (Å²) >= 11 is 0. The van der Waals surface area contributed by atoms with Crippen LogP contribution in [0.1, 0.15) is 20.3 Å². The first kappa shape index (κ1) is 18.4. The highest BCUT2D eigenvalue weighted by Crippen LogP contribution is 2.20. The number of aromatic nitrogens is 2. The van der Waals surface area contributed by atoms with Gasteiger partial charge in [-0.3, -0.25) is 4.79 Å². The summed E-state index contributed by atoms with van der Waals surface area (Å²) in [6.07, 6.45) is 1.98. The minimum absolute atomic E-state index is 0.0370. The third-order valence-electron chi connectivity index (χ3n) is 3.82. The molecule has 25 heavy (non-hydrogen) atoms. The molecule has 0 unspecified atom stereocenters. The van der Waals surface area contributed by atoms with E-state index in [0.29, 0.717) is 11.6 Å². The minimum atomic E-state index is -0.689. The van der Waals surface area contributed by atoms with Gasteiger partial charge in [0.25, 0.3) is 5.91 Å². The number of hydrogen-bond donors (Lipinski definition) is 1. The van der Waals surface area contributed by atoms with E-state index in [1.165, 1.54) is 13.5 Å². The standard InChI is InChI=1S/C17H21N3O5/c1-4-11(2)15(17(22)23-3)19-14(21)9-24-13-7-5-12(6-8-13)16-20-18-10-25-16/h5-8,10-11,15H,4,9H2,1-3H3,(H,19,21)/t11-,15+/m1/s1. The van der Waals surface area contributed by atoms with Crippen LogP contribution in [0, 0.1) is 5.92 Å². The molecule has 1 heterocycles. The molecular formula is C17H21N3O5. The fraction of sp³-hybridized carbons (Fsp3) is 0.412. The van der Waals surface area contributed by atoms with Gasteiger partial charge >= 0.3 is 5.97 Å². The van der Waals surface area contributed by atoms with Crippen molar-refractivity contribution >= 4 is 11.9 Å². The SMILES string of the molecule is CC[C@@H](C)[C@H](NC(=O)COc1ccc(-c2nnco2)cc1)C(=O)OC. The summed E-state index contributed by atoms with van der Waals surface area (Å²) < 4.78 is 15.3. The number of methoxy groups -OCH3 is 1. The number of hydrogen-bond acceptors (Lipinski definition) is 7. The van der Waals surface area contributed by atoms with Crippen LogP contribution >= 0.6 is 0 Å². The Morgan fingerprint density at radius 3 is 2.56 bits per heavy atom. The summed E-state index contributed by atoms with van der Waals surface area (Å²) in [5.74, 6) is 0.0173. The lowest BCUT2D eigenvalue weighted by molar-refractivity contribution is -0.146. The average molecular weight is 347 g/mol. The van der Waals surface area contributed by atoms with Crippen LogP contribution in [-0.4, -0.2) is 41.8 Å². The van der Waals surface area contributed by atoms with Crippen molar-refractivity contribution in [3.05, 3.63) is 30.7 Å². The van der Waals surface area contributed by atoms with E-state index in [-0.39, 0.29) is 12.5 Å². The second kappa shape index (κ2) is 8.81. The molecule has 0 aliphatic heterocycles. The van der Waals surface area contributed by atoms with Crippen LogP contribution in [0.5, 0.6) is 5.75 Å². The van der Waals surface area contributed by atoms with Gasteiger partial charge in [-0.05, 0) is 30.2 Å². The number of amides is 1. The first-order valence-electron chi connectivity index (χ1n) is 7.91. The van der Waals surface area contributed by atoms with Crippen molar-refractivity contribution in [3.63, 3.8) is 0 Å². The zero-order valence-electron chi connectivity index (χ0n) is 14.4. The summed E-state index contributed by atoms with van der Waals surface area (Å²) in [6.45, 7) is 3.61. The molecule has 0 saturated carbocycles. The maximum atomic E-state index is 12.0. The van der Waals surface area contributed by atoms with Crippen LogP contribution in [0.4, 0.5) is 0 Å². The minimum Gasteiger partial charge on any atom is -0.484 e. The van der Waals surface area contributed by atoms with Crippen molar-refractivity contribution in [3.8, 4) is 17.2 Å². The van der Waals surface area contributed by atoms with Gasteiger partial charge in [0, 0.05) is 5.56 Å². The van der Waals surface area contributed by atoms with E-state index in [2.05, 4.69) is 15.5 Å². The van der Waals surface area contributed by atoms with E-state index in [9.17, 15) is 9.59 Å². The van der Waals surface area contributed by atoms with Crippen molar-refractivity contribution in [2.75, 3.05) is 13.7 Å². The van der Waals surface area contributed by atoms with Gasteiger partial charge < -0.3 is 19.2 Å². The smallest absolute Gasteiger partial charge is 0.328 e. The third kappa shape index (κ3) is 5.03. The number of nitrogens with one attached hydrogen (secondary N) is 1. The monoisotopic (exact) mass is 347 g/mol. The first-order valence-corrected chi connectivity index (χ1v) is 7.91. The van der Waals surface area contributed by atoms with Gasteiger partial charge in [-0.25, -0.2) is 4.79 Å². The number of nitrogens with zero attached hydrogens (tertiary/aromatic N) is 2. The van der Waals surface area contributed by atoms with Crippen molar-refractivity contribution in [2.24, 2.45) is 5.92 Å². The number of carbonyl (C=O) groups is 2. The Hall–Kier alpha value is -2.90. The topological polar surface area (TPSA) is 104 Å². The zero-order valence-corrected chi connectivity index (χ0v) is 14.4. The molecule has 1 N–H and O–H groups in total. The van der Waals surface area contributed by atoms with Crippen LogP contribution in [0.3, 0.4) is 0 Å². The molecule has 2 rings (SSSR count). The molecule has 2 aromatic rings. The molecule has 1 aromatic heterocycles. The van der Waals surface area contributed by atoms with Gasteiger partial charge in [-0.1, -0.05) is 20.3 Å². The second-order valence-corrected chi connectivity index (χ2v) is 5.51. The Morgan fingerprint density at radius 1 is 1.28 bits per heavy atom. The fourth-order valence-electron chi connectivity index (χ4n) is 2.15. The molecule has 0 aliphatic carbocycles. The van der Waals surface area contributed by atoms with Crippen molar-refractivity contribution in [1.29, 1.82) is 0 Å². The van der Waals surface area contributed by atoms with Crippen molar-refractivity contribution < 1.29 is 23.5 Å². The van der Waals surface area contributed by atoms with Gasteiger partial charge in [0.05, 0.1) is 7.11 Å². The Bertz CT molecular complexity index is 685. The van der Waals surface area contributed by atoms with Crippen LogP contribution in [-0.2, 0) is 14.3 Å². The second-order valence-electron chi connectivity index (χ2n) is 5.51. The number of carbonyl (C=O) groups excluding carboxylic acids is 2. The maximum absolute atomic E-state index is 12.0. The lowest BCUT2D eigenvalue weighted by atomic mass is 9.99. The van der Waals surface area contributed by atoms with Crippen LogP contribution in [0.25, 0.3) is 11.5 Å². The Kier molecular flexibility index (Phi) is 6.50. The summed E-state index contributed by atoms with van der Waals surface area (Å²) in [5, 5.41) is 10.1. The molecule has 1 amide bonds. The Balaban J connectivity index is 1.89. The molecule has 8 heteroatoms. The van der Waals surface area contributed by atoms with E-state index in [1.807, 2.05) is 13.8 Å². The molecule has 0 spiro atoms. The highest BCUT2D eigenvalue weighted by molar-refractivity contribution is 5.85. The van der Waals surface area contributed by atoms with Gasteiger partial charge in [0.1, 0.15) is 11.8 Å². The quantitative estimate of drug-likeness (QED) is 0.726. The molecular weight excluding hydrogens is 326 g/mol. The molecule has 0 radical (unpaired) electrons. The maximum Gasteiger partial charge on any atom is 0.328 e. The van der Waals surface area contributed by atoms with Crippen molar-refractivity contribution in [2.45, 2.75) is 26.3 Å². The Morgan fingerprint density at radius 2 is 2.00 bits per heavy atom. The molecule has 0 saturated heterocycles. The van der Waals surface area contributed by atoms with E-state index in [0.717, 1.165) is 12.0 Å². The van der Waals surface area contributed by atoms with E-state index in [1.54, 1.807) is 24.3 Å². The normalized spacial score (nSPS) is 12.9. The summed E-state index contributed by atoms with van der Waals surface area (Å²) in [4.78, 5) is 23.8. The number of ether oxygens (including phenoxy) is 2. The van der Waals surface area contributed by atoms with Gasteiger partial charge in [-0.15, -0.1) is 10.2 Å². The molecule has 8 nitrogen and oxygen atoms in total. The molecule has 2 atom stereocenters. The molecule has 0 fully saturated rings. The number of esters is 1. The summed E-state index contributed by atoms with van der Waals surface area (Å²) in [5.41, 5.74) is 0.747. The predicted molar refractivity (Wildman–Crippen MR) is 88.6 cm³/mol. The number of rotatable bonds is 8. The largest absolute Gasteiger partial charge is 0.484 e. The number of benzene rings is 1. The molecule has 0 aliphatic rings. The van der Waals surface area contributed by atoms with Crippen LogP contribution in [0.15, 0.2) is 35.1 Å². The van der Waals surface area contributed by atoms with E-state index in [4.69, 9.17) is 13.9 Å². The first-order chi connectivity index (χ1) is 12.0. The molecule has 1 aromatic carbocycles.